The van der Waals surface area contributed by atoms with Gasteiger partial charge in [0.2, 0.25) is 0 Å². The van der Waals surface area contributed by atoms with Crippen molar-refractivity contribution < 1.29 is 9.53 Å². The number of pyridine rings is 1. The van der Waals surface area contributed by atoms with Crippen LogP contribution in [0.25, 0.3) is 0 Å². The number of rotatable bonds is 3. The minimum atomic E-state index is -0.464. The average Bonchev–Trinajstić information content (AvgIpc) is 2.45. The van der Waals surface area contributed by atoms with Crippen molar-refractivity contribution in [2.75, 3.05) is 31.1 Å². The third-order valence-corrected chi connectivity index (χ3v) is 3.23. The number of hydrogen-bond acceptors (Lipinski definition) is 5. The van der Waals surface area contributed by atoms with Gasteiger partial charge >= 0.3 is 5.97 Å². The van der Waals surface area contributed by atoms with Crippen LogP contribution in [0.5, 0.6) is 0 Å². The van der Waals surface area contributed by atoms with E-state index < -0.39 is 5.41 Å². The number of anilines is 1. The van der Waals surface area contributed by atoms with Gasteiger partial charge in [0.05, 0.1) is 5.41 Å². The van der Waals surface area contributed by atoms with E-state index in [1.807, 2.05) is 32.9 Å². The van der Waals surface area contributed by atoms with Gasteiger partial charge in [-0.1, -0.05) is 6.07 Å². The second-order valence-corrected chi connectivity index (χ2v) is 6.09. The van der Waals surface area contributed by atoms with Crippen LogP contribution >= 0.6 is 0 Å². The highest BCUT2D eigenvalue weighted by atomic mass is 16.5. The molecule has 0 atom stereocenters. The van der Waals surface area contributed by atoms with Gasteiger partial charge in [-0.05, 0) is 26.8 Å². The highest BCUT2D eigenvalue weighted by molar-refractivity contribution is 5.75. The zero-order chi connectivity index (χ0) is 14.6. The summed E-state index contributed by atoms with van der Waals surface area (Å²) in [7, 11) is 0. The Morgan fingerprint density at radius 2 is 2.05 bits per heavy atom. The van der Waals surface area contributed by atoms with Crippen molar-refractivity contribution in [2.45, 2.75) is 27.4 Å². The van der Waals surface area contributed by atoms with Gasteiger partial charge in [0.1, 0.15) is 12.4 Å². The molecule has 0 aromatic carbocycles. The van der Waals surface area contributed by atoms with Crippen LogP contribution in [0.3, 0.4) is 0 Å². The Morgan fingerprint density at radius 1 is 1.35 bits per heavy atom. The summed E-state index contributed by atoms with van der Waals surface area (Å²) in [5.74, 6) is 0.793. The number of ether oxygens (including phenoxy) is 1. The van der Waals surface area contributed by atoms with Crippen molar-refractivity contribution in [1.29, 1.82) is 0 Å². The maximum absolute atomic E-state index is 11.7. The normalized spacial score (nSPS) is 16.1. The van der Waals surface area contributed by atoms with Gasteiger partial charge in [0.15, 0.2) is 0 Å². The number of piperazine rings is 1. The van der Waals surface area contributed by atoms with E-state index in [9.17, 15) is 4.79 Å². The van der Waals surface area contributed by atoms with Gasteiger partial charge < -0.3 is 15.0 Å². The number of aromatic nitrogens is 1. The molecule has 1 N–H and O–H groups in total. The van der Waals surface area contributed by atoms with Crippen LogP contribution in [0.15, 0.2) is 18.3 Å². The molecule has 1 aliphatic rings. The number of carbonyl (C=O) groups excluding carboxylic acids is 1. The summed E-state index contributed by atoms with van der Waals surface area (Å²) in [6.45, 7) is 9.77. The molecule has 0 saturated carbocycles. The third-order valence-electron chi connectivity index (χ3n) is 3.23. The maximum atomic E-state index is 11.7. The second-order valence-electron chi connectivity index (χ2n) is 6.09. The number of nitrogens with one attached hydrogen (secondary N) is 1. The Kier molecular flexibility index (Phi) is 4.60. The summed E-state index contributed by atoms with van der Waals surface area (Å²) < 4.78 is 5.28. The van der Waals surface area contributed by atoms with E-state index in [0.717, 1.165) is 37.6 Å². The largest absolute Gasteiger partial charge is 0.460 e. The smallest absolute Gasteiger partial charge is 0.311 e. The molecule has 110 valence electrons. The van der Waals surface area contributed by atoms with Crippen molar-refractivity contribution in [3.8, 4) is 0 Å². The second kappa shape index (κ2) is 6.22. The van der Waals surface area contributed by atoms with Crippen molar-refractivity contribution in [1.82, 2.24) is 10.3 Å². The molecule has 5 nitrogen and oxygen atoms in total. The van der Waals surface area contributed by atoms with Crippen LogP contribution in [-0.4, -0.2) is 37.1 Å². The molecule has 0 spiro atoms. The molecule has 1 aromatic rings. The van der Waals surface area contributed by atoms with Gasteiger partial charge in [-0.15, -0.1) is 0 Å². The van der Waals surface area contributed by atoms with Crippen LogP contribution in [-0.2, 0) is 16.1 Å². The van der Waals surface area contributed by atoms with Gasteiger partial charge in [-0.25, -0.2) is 4.98 Å². The van der Waals surface area contributed by atoms with E-state index >= 15 is 0 Å². The monoisotopic (exact) mass is 277 g/mol. The molecule has 5 heteroatoms. The molecular weight excluding hydrogens is 254 g/mol. The molecule has 1 aliphatic heterocycles. The number of carbonyl (C=O) groups is 1. The SMILES string of the molecule is CC(C)(C)C(=O)OCc1ccc(N2CCNCC2)nc1. The Hall–Kier alpha value is -1.62. The highest BCUT2D eigenvalue weighted by Gasteiger charge is 2.23. The maximum Gasteiger partial charge on any atom is 0.311 e. The fourth-order valence-corrected chi connectivity index (χ4v) is 1.95. The number of esters is 1. The standard InChI is InChI=1S/C15H23N3O2/c1-15(2,3)14(19)20-11-12-4-5-13(17-10-12)18-8-6-16-7-9-18/h4-5,10,16H,6-9,11H2,1-3H3. The fourth-order valence-electron chi connectivity index (χ4n) is 1.95. The van der Waals surface area contributed by atoms with Crippen molar-refractivity contribution in [3.63, 3.8) is 0 Å². The van der Waals surface area contributed by atoms with Gasteiger partial charge in [0, 0.05) is 37.9 Å². The minimum absolute atomic E-state index is 0.191. The summed E-state index contributed by atoms with van der Waals surface area (Å²) in [5, 5.41) is 3.32. The van der Waals surface area contributed by atoms with Crippen molar-refractivity contribution >= 4 is 11.8 Å². The first-order valence-electron chi connectivity index (χ1n) is 7.04. The lowest BCUT2D eigenvalue weighted by atomic mass is 9.97. The predicted molar refractivity (Wildman–Crippen MR) is 78.6 cm³/mol. The van der Waals surface area contributed by atoms with Crippen molar-refractivity contribution in [2.24, 2.45) is 5.41 Å². The molecule has 1 aromatic heterocycles. The van der Waals surface area contributed by atoms with Crippen LogP contribution in [0.4, 0.5) is 5.82 Å². The summed E-state index contributed by atoms with van der Waals surface area (Å²) in [4.78, 5) is 18.4. The van der Waals surface area contributed by atoms with Gasteiger partial charge in [-0.2, -0.15) is 0 Å². The molecular formula is C15H23N3O2. The molecule has 0 amide bonds. The third kappa shape index (κ3) is 3.93. The lowest BCUT2D eigenvalue weighted by Gasteiger charge is -2.28. The Balaban J connectivity index is 1.90. The van der Waals surface area contributed by atoms with E-state index in [4.69, 9.17) is 4.74 Å². The van der Waals surface area contributed by atoms with E-state index in [1.54, 1.807) is 6.20 Å². The fraction of sp³-hybridized carbons (Fsp3) is 0.600. The molecule has 2 rings (SSSR count). The van der Waals surface area contributed by atoms with Crippen LogP contribution in [0, 0.1) is 5.41 Å². The first-order chi connectivity index (χ1) is 9.47. The summed E-state index contributed by atoms with van der Waals surface area (Å²) >= 11 is 0. The van der Waals surface area contributed by atoms with Crippen LogP contribution in [0.1, 0.15) is 26.3 Å². The molecule has 1 saturated heterocycles. The first kappa shape index (κ1) is 14.8. The first-order valence-corrected chi connectivity index (χ1v) is 7.04. The molecule has 2 heterocycles. The predicted octanol–water partition coefficient (Wildman–Crippen LogP) is 1.58. The minimum Gasteiger partial charge on any atom is -0.460 e. The molecule has 0 bridgehead atoms. The van der Waals surface area contributed by atoms with E-state index in [2.05, 4.69) is 15.2 Å². The van der Waals surface area contributed by atoms with Crippen LogP contribution in [0.2, 0.25) is 0 Å². The number of hydrogen-bond donors (Lipinski definition) is 1. The zero-order valence-corrected chi connectivity index (χ0v) is 12.5. The quantitative estimate of drug-likeness (QED) is 0.850. The molecule has 20 heavy (non-hydrogen) atoms. The highest BCUT2D eigenvalue weighted by Crippen LogP contribution is 2.17. The number of nitrogens with zero attached hydrogens (tertiary/aromatic N) is 2. The molecule has 0 unspecified atom stereocenters. The van der Waals surface area contributed by atoms with Gasteiger partial charge in [-0.3, -0.25) is 4.79 Å². The van der Waals surface area contributed by atoms with Crippen LogP contribution < -0.4 is 10.2 Å². The molecule has 0 radical (unpaired) electrons. The van der Waals surface area contributed by atoms with E-state index in [1.165, 1.54) is 0 Å². The zero-order valence-electron chi connectivity index (χ0n) is 12.5. The van der Waals surface area contributed by atoms with E-state index in [-0.39, 0.29) is 12.6 Å². The summed E-state index contributed by atoms with van der Waals surface area (Å²) in [6, 6.07) is 3.96. The Bertz CT molecular complexity index is 445. The summed E-state index contributed by atoms with van der Waals surface area (Å²) in [5.41, 5.74) is 0.454. The lowest BCUT2D eigenvalue weighted by Crippen LogP contribution is -2.43. The Labute approximate surface area is 120 Å². The molecule has 0 aliphatic carbocycles. The topological polar surface area (TPSA) is 54.5 Å². The van der Waals surface area contributed by atoms with E-state index in [0.29, 0.717) is 0 Å². The Morgan fingerprint density at radius 3 is 2.60 bits per heavy atom. The molecule has 1 fully saturated rings. The average molecular weight is 277 g/mol. The van der Waals surface area contributed by atoms with Crippen molar-refractivity contribution in [3.05, 3.63) is 23.9 Å². The lowest BCUT2D eigenvalue weighted by molar-refractivity contribution is -0.154. The van der Waals surface area contributed by atoms with Gasteiger partial charge in [0.25, 0.3) is 0 Å². The summed E-state index contributed by atoms with van der Waals surface area (Å²) in [6.07, 6.45) is 1.79.